The van der Waals surface area contributed by atoms with Crippen LogP contribution in [0.25, 0.3) is 5.65 Å². The summed E-state index contributed by atoms with van der Waals surface area (Å²) in [6, 6.07) is 14.5. The van der Waals surface area contributed by atoms with Crippen molar-refractivity contribution in [1.82, 2.24) is 19.6 Å². The maximum Gasteiger partial charge on any atom is 0.270 e. The highest BCUT2D eigenvalue weighted by Gasteiger charge is 2.23. The SMILES string of the molecule is O=C(CN1CCC(NC(=O)c2cnc3ccccn3c2=O)CC1)Nc1ccccc1. The van der Waals surface area contributed by atoms with Crippen LogP contribution in [0.15, 0.2) is 65.7 Å². The third kappa shape index (κ3) is 4.55. The maximum atomic E-state index is 12.6. The number of carbonyl (C=O) groups is 2. The number of hydrogen-bond acceptors (Lipinski definition) is 5. The van der Waals surface area contributed by atoms with Crippen LogP contribution in [0.1, 0.15) is 23.2 Å². The second-order valence-corrected chi connectivity index (χ2v) is 7.34. The highest BCUT2D eigenvalue weighted by Crippen LogP contribution is 2.12. The second kappa shape index (κ2) is 8.87. The molecule has 1 saturated heterocycles. The molecule has 0 unspecified atom stereocenters. The summed E-state index contributed by atoms with van der Waals surface area (Å²) in [4.78, 5) is 43.6. The number of anilines is 1. The average Bonchev–Trinajstić information content (AvgIpc) is 2.76. The molecule has 1 aliphatic rings. The Morgan fingerprint density at radius 1 is 1.03 bits per heavy atom. The van der Waals surface area contributed by atoms with Crippen LogP contribution in [-0.2, 0) is 4.79 Å². The molecule has 0 atom stereocenters. The molecular formula is C22H23N5O3. The molecule has 8 nitrogen and oxygen atoms in total. The highest BCUT2D eigenvalue weighted by atomic mass is 16.2. The van der Waals surface area contributed by atoms with Gasteiger partial charge in [-0.15, -0.1) is 0 Å². The lowest BCUT2D eigenvalue weighted by Crippen LogP contribution is -2.47. The van der Waals surface area contributed by atoms with Crippen molar-refractivity contribution in [1.29, 1.82) is 0 Å². The summed E-state index contributed by atoms with van der Waals surface area (Å²) in [5, 5.41) is 5.82. The van der Waals surface area contributed by atoms with Gasteiger partial charge >= 0.3 is 0 Å². The van der Waals surface area contributed by atoms with Gasteiger partial charge in [0, 0.05) is 37.2 Å². The number of para-hydroxylation sites is 1. The molecule has 0 spiro atoms. The van der Waals surface area contributed by atoms with E-state index in [1.165, 1.54) is 10.6 Å². The Balaban J connectivity index is 1.29. The lowest BCUT2D eigenvalue weighted by Gasteiger charge is -2.31. The summed E-state index contributed by atoms with van der Waals surface area (Å²) >= 11 is 0. The molecule has 1 fully saturated rings. The van der Waals surface area contributed by atoms with E-state index in [2.05, 4.69) is 20.5 Å². The third-order valence-corrected chi connectivity index (χ3v) is 5.21. The molecule has 0 radical (unpaired) electrons. The minimum Gasteiger partial charge on any atom is -0.349 e. The summed E-state index contributed by atoms with van der Waals surface area (Å²) in [7, 11) is 0. The number of aromatic nitrogens is 2. The fourth-order valence-corrected chi connectivity index (χ4v) is 3.61. The lowest BCUT2D eigenvalue weighted by atomic mass is 10.0. The van der Waals surface area contributed by atoms with E-state index in [-0.39, 0.29) is 23.1 Å². The molecule has 154 valence electrons. The summed E-state index contributed by atoms with van der Waals surface area (Å²) in [6.07, 6.45) is 4.36. The number of nitrogens with one attached hydrogen (secondary N) is 2. The molecule has 1 aromatic carbocycles. The average molecular weight is 405 g/mol. The lowest BCUT2D eigenvalue weighted by molar-refractivity contribution is -0.117. The van der Waals surface area contributed by atoms with Crippen molar-refractivity contribution in [3.8, 4) is 0 Å². The first-order chi connectivity index (χ1) is 14.6. The molecule has 2 aromatic heterocycles. The summed E-state index contributed by atoms with van der Waals surface area (Å²) in [5.74, 6) is -0.468. The normalized spacial score (nSPS) is 15.1. The Bertz CT molecular complexity index is 1100. The summed E-state index contributed by atoms with van der Waals surface area (Å²) in [5.41, 5.74) is 0.928. The predicted octanol–water partition coefficient (Wildman–Crippen LogP) is 1.53. The molecule has 3 heterocycles. The van der Waals surface area contributed by atoms with Gasteiger partial charge in [0.25, 0.3) is 11.5 Å². The number of nitrogens with zero attached hydrogens (tertiary/aromatic N) is 3. The van der Waals surface area contributed by atoms with Crippen LogP contribution in [0.5, 0.6) is 0 Å². The van der Waals surface area contributed by atoms with Gasteiger partial charge in [0.15, 0.2) is 0 Å². The van der Waals surface area contributed by atoms with Gasteiger partial charge in [-0.1, -0.05) is 24.3 Å². The van der Waals surface area contributed by atoms with E-state index in [0.717, 1.165) is 5.69 Å². The van der Waals surface area contributed by atoms with Crippen molar-refractivity contribution in [2.45, 2.75) is 18.9 Å². The Hall–Kier alpha value is -3.52. The molecule has 0 bridgehead atoms. The van der Waals surface area contributed by atoms with E-state index in [4.69, 9.17) is 0 Å². The van der Waals surface area contributed by atoms with Crippen LogP contribution < -0.4 is 16.2 Å². The van der Waals surface area contributed by atoms with Gasteiger partial charge in [0.2, 0.25) is 5.91 Å². The molecule has 30 heavy (non-hydrogen) atoms. The monoisotopic (exact) mass is 405 g/mol. The smallest absolute Gasteiger partial charge is 0.270 e. The Kier molecular flexibility index (Phi) is 5.85. The van der Waals surface area contributed by atoms with E-state index in [9.17, 15) is 14.4 Å². The van der Waals surface area contributed by atoms with Crippen LogP contribution in [-0.4, -0.2) is 51.8 Å². The number of carbonyl (C=O) groups excluding carboxylic acids is 2. The van der Waals surface area contributed by atoms with Crippen molar-refractivity contribution >= 4 is 23.1 Å². The van der Waals surface area contributed by atoms with Crippen molar-refractivity contribution in [3.05, 3.63) is 76.8 Å². The zero-order chi connectivity index (χ0) is 20.9. The van der Waals surface area contributed by atoms with E-state index in [1.54, 1.807) is 24.4 Å². The van der Waals surface area contributed by atoms with E-state index < -0.39 is 5.91 Å². The van der Waals surface area contributed by atoms with Crippen LogP contribution in [0.2, 0.25) is 0 Å². The van der Waals surface area contributed by atoms with Gasteiger partial charge < -0.3 is 10.6 Å². The van der Waals surface area contributed by atoms with Gasteiger partial charge in [-0.25, -0.2) is 4.98 Å². The minimum absolute atomic E-state index is 0.0309. The van der Waals surface area contributed by atoms with E-state index >= 15 is 0 Å². The van der Waals surface area contributed by atoms with Gasteiger partial charge in [-0.05, 0) is 37.1 Å². The zero-order valence-electron chi connectivity index (χ0n) is 16.5. The van der Waals surface area contributed by atoms with Crippen LogP contribution in [0.4, 0.5) is 5.69 Å². The van der Waals surface area contributed by atoms with E-state index in [0.29, 0.717) is 38.1 Å². The number of piperidine rings is 1. The number of likely N-dealkylation sites (tertiary alicyclic amines) is 1. The van der Waals surface area contributed by atoms with E-state index in [1.807, 2.05) is 30.3 Å². The number of amides is 2. The molecule has 3 aromatic rings. The third-order valence-electron chi connectivity index (χ3n) is 5.21. The molecule has 0 aliphatic carbocycles. The van der Waals surface area contributed by atoms with Crippen LogP contribution >= 0.6 is 0 Å². The molecule has 2 N–H and O–H groups in total. The number of benzene rings is 1. The predicted molar refractivity (Wildman–Crippen MR) is 113 cm³/mol. The van der Waals surface area contributed by atoms with Crippen LogP contribution in [0.3, 0.4) is 0 Å². The van der Waals surface area contributed by atoms with Crippen molar-refractivity contribution in [3.63, 3.8) is 0 Å². The van der Waals surface area contributed by atoms with Gasteiger partial charge in [-0.3, -0.25) is 23.7 Å². The van der Waals surface area contributed by atoms with Gasteiger partial charge in [-0.2, -0.15) is 0 Å². The number of fused-ring (bicyclic) bond motifs is 1. The topological polar surface area (TPSA) is 95.8 Å². The molecule has 2 amide bonds. The molecule has 1 aliphatic heterocycles. The second-order valence-electron chi connectivity index (χ2n) is 7.34. The summed E-state index contributed by atoms with van der Waals surface area (Å²) in [6.45, 7) is 1.70. The molecule has 0 saturated carbocycles. The summed E-state index contributed by atoms with van der Waals surface area (Å²) < 4.78 is 1.36. The zero-order valence-corrected chi connectivity index (χ0v) is 16.5. The quantitative estimate of drug-likeness (QED) is 0.671. The molecule has 8 heteroatoms. The first-order valence-corrected chi connectivity index (χ1v) is 9.95. The number of hydrogen-bond donors (Lipinski definition) is 2. The van der Waals surface area contributed by atoms with Crippen molar-refractivity contribution < 1.29 is 9.59 Å². The Morgan fingerprint density at radius 2 is 1.77 bits per heavy atom. The molecule has 4 rings (SSSR count). The Morgan fingerprint density at radius 3 is 2.53 bits per heavy atom. The standard InChI is InChI=1S/C22H23N5O3/c28-20(24-16-6-2-1-3-7-16)15-26-12-9-17(10-13-26)25-21(29)18-14-23-19-8-4-5-11-27(19)22(18)30/h1-8,11,14,17H,9-10,12-13,15H2,(H,24,28)(H,25,29). The Labute approximate surface area is 173 Å². The molecular weight excluding hydrogens is 382 g/mol. The number of pyridine rings is 1. The van der Waals surface area contributed by atoms with Gasteiger partial charge in [0.05, 0.1) is 6.54 Å². The highest BCUT2D eigenvalue weighted by molar-refractivity contribution is 5.94. The fourth-order valence-electron chi connectivity index (χ4n) is 3.61. The van der Waals surface area contributed by atoms with Gasteiger partial charge in [0.1, 0.15) is 11.2 Å². The maximum absolute atomic E-state index is 12.6. The first-order valence-electron chi connectivity index (χ1n) is 9.95. The largest absolute Gasteiger partial charge is 0.349 e. The van der Waals surface area contributed by atoms with Crippen molar-refractivity contribution in [2.75, 3.05) is 25.0 Å². The first kappa shape index (κ1) is 19.8. The fraction of sp³-hybridized carbons (Fsp3) is 0.273. The minimum atomic E-state index is -0.411. The van der Waals surface area contributed by atoms with Crippen molar-refractivity contribution in [2.24, 2.45) is 0 Å². The van der Waals surface area contributed by atoms with Crippen LogP contribution in [0, 0.1) is 0 Å². The number of rotatable bonds is 5.